The Bertz CT molecular complexity index is 501. The lowest BCUT2D eigenvalue weighted by atomic mass is 10.4. The Labute approximate surface area is 114 Å². The fraction of sp³-hybridized carbons (Fsp3) is 0.750. The highest BCUT2D eigenvalue weighted by molar-refractivity contribution is 7.89. The second-order valence-electron chi connectivity index (χ2n) is 5.03. The van der Waals surface area contributed by atoms with Crippen molar-refractivity contribution in [1.82, 2.24) is 14.9 Å². The maximum atomic E-state index is 12.1. The smallest absolute Gasteiger partial charge is 0.244 e. The van der Waals surface area contributed by atoms with Gasteiger partial charge in [0.05, 0.1) is 11.4 Å². The van der Waals surface area contributed by atoms with E-state index >= 15 is 0 Å². The number of aromatic amines is 1. The van der Waals surface area contributed by atoms with Crippen LogP contribution in [0.1, 0.15) is 30.7 Å². The van der Waals surface area contributed by atoms with E-state index in [4.69, 9.17) is 4.74 Å². The predicted octanol–water partition coefficient (Wildman–Crippen LogP) is 1.12. The van der Waals surface area contributed by atoms with E-state index in [0.29, 0.717) is 31.0 Å². The van der Waals surface area contributed by atoms with Gasteiger partial charge in [0.2, 0.25) is 10.0 Å². The summed E-state index contributed by atoms with van der Waals surface area (Å²) in [6.07, 6.45) is 3.22. The minimum absolute atomic E-state index is 0.256. The fourth-order valence-corrected chi connectivity index (χ4v) is 3.36. The Balaban J connectivity index is 1.74. The van der Waals surface area contributed by atoms with Crippen LogP contribution in [0.4, 0.5) is 0 Å². The molecule has 6 nitrogen and oxygen atoms in total. The molecule has 0 aliphatic heterocycles. The summed E-state index contributed by atoms with van der Waals surface area (Å²) in [5, 5.41) is 6.58. The SMILES string of the molecule is Cc1n[nH]c(C)c1S(=O)(=O)NCCCOCC1CC1. The third-order valence-electron chi connectivity index (χ3n) is 3.14. The highest BCUT2D eigenvalue weighted by atomic mass is 32.2. The average molecular weight is 287 g/mol. The van der Waals surface area contributed by atoms with E-state index in [9.17, 15) is 8.42 Å². The van der Waals surface area contributed by atoms with Gasteiger partial charge in [0.15, 0.2) is 0 Å². The monoisotopic (exact) mass is 287 g/mol. The summed E-state index contributed by atoms with van der Waals surface area (Å²) < 4.78 is 32.2. The number of rotatable bonds is 8. The Hall–Kier alpha value is -0.920. The minimum atomic E-state index is -3.47. The van der Waals surface area contributed by atoms with Gasteiger partial charge in [0.1, 0.15) is 4.90 Å². The van der Waals surface area contributed by atoms with Crippen LogP contribution in [0.5, 0.6) is 0 Å². The molecule has 1 heterocycles. The zero-order valence-corrected chi connectivity index (χ0v) is 12.2. The van der Waals surface area contributed by atoms with Gasteiger partial charge in [-0.2, -0.15) is 5.10 Å². The molecule has 0 atom stereocenters. The Morgan fingerprint density at radius 2 is 2.16 bits per heavy atom. The van der Waals surface area contributed by atoms with E-state index in [-0.39, 0.29) is 4.90 Å². The number of aryl methyl sites for hydroxylation is 2. The number of sulfonamides is 1. The predicted molar refractivity (Wildman–Crippen MR) is 71.4 cm³/mol. The van der Waals surface area contributed by atoms with Crippen molar-refractivity contribution in [1.29, 1.82) is 0 Å². The van der Waals surface area contributed by atoms with Gasteiger partial charge in [0.25, 0.3) is 0 Å². The summed E-state index contributed by atoms with van der Waals surface area (Å²) in [7, 11) is -3.47. The van der Waals surface area contributed by atoms with E-state index in [2.05, 4.69) is 14.9 Å². The second-order valence-corrected chi connectivity index (χ2v) is 6.74. The van der Waals surface area contributed by atoms with Crippen LogP contribution in [-0.4, -0.2) is 38.4 Å². The molecular formula is C12H21N3O3S. The van der Waals surface area contributed by atoms with Gasteiger partial charge in [-0.3, -0.25) is 5.10 Å². The molecule has 1 aromatic rings. The lowest BCUT2D eigenvalue weighted by Gasteiger charge is -2.07. The molecule has 7 heteroatoms. The first kappa shape index (κ1) is 14.5. The number of hydrogen-bond acceptors (Lipinski definition) is 4. The molecule has 0 aromatic carbocycles. The van der Waals surface area contributed by atoms with E-state index < -0.39 is 10.0 Å². The number of nitrogens with zero attached hydrogens (tertiary/aromatic N) is 1. The van der Waals surface area contributed by atoms with Crippen molar-refractivity contribution in [3.05, 3.63) is 11.4 Å². The summed E-state index contributed by atoms with van der Waals surface area (Å²) in [4.78, 5) is 0.256. The molecule has 0 spiro atoms. The quantitative estimate of drug-likeness (QED) is 0.702. The summed E-state index contributed by atoms with van der Waals surface area (Å²) >= 11 is 0. The number of H-pyrrole nitrogens is 1. The standard InChI is InChI=1S/C12H21N3O3S/c1-9-12(10(2)15-14-9)19(16,17)13-6-3-7-18-8-11-4-5-11/h11,13H,3-8H2,1-2H3,(H,14,15). The van der Waals surface area contributed by atoms with Crippen LogP contribution in [0, 0.1) is 19.8 Å². The lowest BCUT2D eigenvalue weighted by Crippen LogP contribution is -2.26. The highest BCUT2D eigenvalue weighted by Gasteiger charge is 2.22. The van der Waals surface area contributed by atoms with Crippen LogP contribution in [-0.2, 0) is 14.8 Å². The van der Waals surface area contributed by atoms with Crippen molar-refractivity contribution in [2.24, 2.45) is 5.92 Å². The van der Waals surface area contributed by atoms with Crippen LogP contribution in [0.3, 0.4) is 0 Å². The second kappa shape index (κ2) is 6.02. The van der Waals surface area contributed by atoms with Crippen LogP contribution in [0.2, 0.25) is 0 Å². The van der Waals surface area contributed by atoms with Crippen molar-refractivity contribution >= 4 is 10.0 Å². The molecular weight excluding hydrogens is 266 g/mol. The molecule has 0 radical (unpaired) electrons. The van der Waals surface area contributed by atoms with Crippen LogP contribution in [0.15, 0.2) is 4.90 Å². The molecule has 0 bridgehead atoms. The summed E-state index contributed by atoms with van der Waals surface area (Å²) in [5.74, 6) is 0.743. The van der Waals surface area contributed by atoms with Gasteiger partial charge in [0, 0.05) is 19.8 Å². The van der Waals surface area contributed by atoms with E-state index in [1.165, 1.54) is 12.8 Å². The van der Waals surface area contributed by atoms with Crippen molar-refractivity contribution in [3.63, 3.8) is 0 Å². The lowest BCUT2D eigenvalue weighted by molar-refractivity contribution is 0.123. The first-order valence-electron chi connectivity index (χ1n) is 6.59. The van der Waals surface area contributed by atoms with Gasteiger partial charge >= 0.3 is 0 Å². The molecule has 1 aromatic heterocycles. The first-order valence-corrected chi connectivity index (χ1v) is 8.08. The van der Waals surface area contributed by atoms with Crippen LogP contribution >= 0.6 is 0 Å². The molecule has 0 unspecified atom stereocenters. The molecule has 19 heavy (non-hydrogen) atoms. The third-order valence-corrected chi connectivity index (χ3v) is 4.86. The molecule has 1 aliphatic carbocycles. The Kier molecular flexibility index (Phi) is 4.59. The highest BCUT2D eigenvalue weighted by Crippen LogP contribution is 2.28. The molecule has 1 saturated carbocycles. The summed E-state index contributed by atoms with van der Waals surface area (Å²) in [5.41, 5.74) is 1.06. The van der Waals surface area contributed by atoms with E-state index in [1.54, 1.807) is 13.8 Å². The summed E-state index contributed by atoms with van der Waals surface area (Å²) in [6, 6.07) is 0. The Morgan fingerprint density at radius 3 is 2.74 bits per heavy atom. The van der Waals surface area contributed by atoms with Crippen LogP contribution in [0.25, 0.3) is 0 Å². The maximum Gasteiger partial charge on any atom is 0.244 e. The normalized spacial score (nSPS) is 15.9. The van der Waals surface area contributed by atoms with Crippen molar-refractivity contribution in [2.45, 2.75) is 38.0 Å². The van der Waals surface area contributed by atoms with Crippen molar-refractivity contribution in [3.8, 4) is 0 Å². The first-order chi connectivity index (χ1) is 9.00. The average Bonchev–Trinajstić information content (AvgIpc) is 3.09. The number of ether oxygens (including phenoxy) is 1. The molecule has 2 rings (SSSR count). The largest absolute Gasteiger partial charge is 0.381 e. The van der Waals surface area contributed by atoms with Crippen LogP contribution < -0.4 is 4.72 Å². The molecule has 1 aliphatic rings. The van der Waals surface area contributed by atoms with Gasteiger partial charge in [-0.05, 0) is 39.0 Å². The minimum Gasteiger partial charge on any atom is -0.381 e. The van der Waals surface area contributed by atoms with E-state index in [0.717, 1.165) is 12.5 Å². The van der Waals surface area contributed by atoms with Gasteiger partial charge in [-0.25, -0.2) is 13.1 Å². The zero-order valence-electron chi connectivity index (χ0n) is 11.4. The third kappa shape index (κ3) is 4.02. The fourth-order valence-electron chi connectivity index (χ4n) is 1.92. The van der Waals surface area contributed by atoms with Crippen molar-refractivity contribution < 1.29 is 13.2 Å². The van der Waals surface area contributed by atoms with Gasteiger partial charge < -0.3 is 4.74 Å². The van der Waals surface area contributed by atoms with Gasteiger partial charge in [-0.15, -0.1) is 0 Å². The molecule has 0 amide bonds. The summed E-state index contributed by atoms with van der Waals surface area (Å²) in [6.45, 7) is 5.18. The molecule has 108 valence electrons. The molecule has 1 fully saturated rings. The van der Waals surface area contributed by atoms with Crippen molar-refractivity contribution in [2.75, 3.05) is 19.8 Å². The maximum absolute atomic E-state index is 12.1. The topological polar surface area (TPSA) is 84.1 Å². The number of aromatic nitrogens is 2. The number of nitrogens with one attached hydrogen (secondary N) is 2. The van der Waals surface area contributed by atoms with E-state index in [1.807, 2.05) is 0 Å². The number of hydrogen-bond donors (Lipinski definition) is 2. The molecule has 2 N–H and O–H groups in total. The Morgan fingerprint density at radius 1 is 1.42 bits per heavy atom. The molecule has 0 saturated heterocycles. The van der Waals surface area contributed by atoms with Gasteiger partial charge in [-0.1, -0.05) is 0 Å². The zero-order chi connectivity index (χ0) is 13.9.